The van der Waals surface area contributed by atoms with Crippen molar-refractivity contribution >= 4 is 40.0 Å². The molecule has 4 aromatic rings. The van der Waals surface area contributed by atoms with Crippen LogP contribution < -0.4 is 9.47 Å². The number of nitrogens with zero attached hydrogens (tertiary/aromatic N) is 1. The molecule has 2 heterocycles. The van der Waals surface area contributed by atoms with Gasteiger partial charge in [-0.05, 0) is 30.3 Å². The largest absolute Gasteiger partial charge is 0.507 e. The highest BCUT2D eigenvalue weighted by molar-refractivity contribution is 6.46. The summed E-state index contributed by atoms with van der Waals surface area (Å²) >= 11 is 6.29. The van der Waals surface area contributed by atoms with Crippen molar-refractivity contribution in [3.63, 3.8) is 0 Å². The van der Waals surface area contributed by atoms with Crippen molar-refractivity contribution in [1.82, 2.24) is 9.88 Å². The number of ether oxygens (including phenoxy) is 2. The van der Waals surface area contributed by atoms with Gasteiger partial charge in [0.2, 0.25) is 0 Å². The minimum atomic E-state index is -0.841. The molecule has 1 fully saturated rings. The van der Waals surface area contributed by atoms with Crippen LogP contribution in [0.1, 0.15) is 22.7 Å². The van der Waals surface area contributed by atoms with Gasteiger partial charge in [-0.15, -0.1) is 0 Å². The molecule has 1 amide bonds. The van der Waals surface area contributed by atoms with Gasteiger partial charge in [-0.2, -0.15) is 0 Å². The second kappa shape index (κ2) is 9.43. The van der Waals surface area contributed by atoms with E-state index in [9.17, 15) is 14.7 Å². The van der Waals surface area contributed by atoms with Crippen LogP contribution in [0.2, 0.25) is 5.02 Å². The van der Waals surface area contributed by atoms with E-state index in [1.807, 2.05) is 42.5 Å². The average Bonchev–Trinajstić information content (AvgIpc) is 3.43. The van der Waals surface area contributed by atoms with Crippen LogP contribution in [-0.2, 0) is 16.1 Å². The summed E-state index contributed by atoms with van der Waals surface area (Å²) in [5.74, 6) is -0.769. The van der Waals surface area contributed by atoms with Crippen LogP contribution in [0.25, 0.3) is 16.7 Å². The Morgan fingerprint density at radius 2 is 1.72 bits per heavy atom. The van der Waals surface area contributed by atoms with Crippen molar-refractivity contribution in [2.75, 3.05) is 14.2 Å². The first-order valence-corrected chi connectivity index (χ1v) is 11.6. The molecular weight excluding hydrogens is 480 g/mol. The number of benzene rings is 3. The molecule has 7 nitrogen and oxygen atoms in total. The Labute approximate surface area is 212 Å². The Morgan fingerprint density at radius 3 is 2.47 bits per heavy atom. The number of para-hydroxylation sites is 2. The molecule has 36 heavy (non-hydrogen) atoms. The molecule has 0 aliphatic carbocycles. The molecule has 0 radical (unpaired) electrons. The molecule has 0 bridgehead atoms. The number of H-pyrrole nitrogens is 1. The molecule has 8 heteroatoms. The smallest absolute Gasteiger partial charge is 0.295 e. The van der Waals surface area contributed by atoms with Crippen LogP contribution in [0.5, 0.6) is 11.5 Å². The molecule has 182 valence electrons. The fraction of sp³-hybridized carbons (Fsp3) is 0.143. The standard InChI is InChI=1S/C28H23ClN2O5/c1-35-22-10-6-3-7-17(22)15-31-25(19-14-30-21-9-5-4-8-18(19)21)24(27(33)28(31)34)26(32)16-11-12-23(36-2)20(29)13-16/h3-14,25,30,32H,15H2,1-2H3/b26-24+. The molecule has 1 saturated heterocycles. The number of amides is 1. The van der Waals surface area contributed by atoms with E-state index >= 15 is 0 Å². The highest BCUT2D eigenvalue weighted by Gasteiger charge is 2.47. The lowest BCUT2D eigenvalue weighted by molar-refractivity contribution is -0.140. The van der Waals surface area contributed by atoms with Crippen molar-refractivity contribution in [3.8, 4) is 11.5 Å². The number of likely N-dealkylation sites (tertiary alicyclic amines) is 1. The predicted molar refractivity (Wildman–Crippen MR) is 137 cm³/mol. The monoisotopic (exact) mass is 502 g/mol. The predicted octanol–water partition coefficient (Wildman–Crippen LogP) is 5.46. The summed E-state index contributed by atoms with van der Waals surface area (Å²) in [6, 6.07) is 18.8. The number of ketones is 1. The summed E-state index contributed by atoms with van der Waals surface area (Å²) in [6.07, 6.45) is 1.77. The molecule has 5 rings (SSSR count). The third kappa shape index (κ3) is 3.87. The molecular formula is C28H23ClN2O5. The van der Waals surface area contributed by atoms with Crippen molar-refractivity contribution in [2.45, 2.75) is 12.6 Å². The van der Waals surface area contributed by atoms with Crippen LogP contribution in [0.4, 0.5) is 0 Å². The van der Waals surface area contributed by atoms with Gasteiger partial charge in [0.15, 0.2) is 0 Å². The Morgan fingerprint density at radius 1 is 1.00 bits per heavy atom. The maximum atomic E-state index is 13.4. The molecule has 1 aromatic heterocycles. The number of aliphatic hydroxyl groups excluding tert-OH is 1. The fourth-order valence-corrected chi connectivity index (χ4v) is 4.93. The first-order valence-electron chi connectivity index (χ1n) is 11.2. The van der Waals surface area contributed by atoms with Gasteiger partial charge in [-0.25, -0.2) is 0 Å². The number of carbonyl (C=O) groups excluding carboxylic acids is 2. The van der Waals surface area contributed by atoms with Crippen molar-refractivity contribution in [1.29, 1.82) is 0 Å². The number of rotatable bonds is 6. The Balaban J connectivity index is 1.71. The molecule has 1 atom stereocenters. The zero-order valence-corrected chi connectivity index (χ0v) is 20.4. The van der Waals surface area contributed by atoms with Crippen molar-refractivity contribution in [3.05, 3.63) is 100 Å². The number of methoxy groups -OCH3 is 2. The maximum Gasteiger partial charge on any atom is 0.295 e. The number of hydrogen-bond acceptors (Lipinski definition) is 5. The number of aliphatic hydroxyl groups is 1. The van der Waals surface area contributed by atoms with Gasteiger partial charge < -0.3 is 24.5 Å². The quantitative estimate of drug-likeness (QED) is 0.207. The molecule has 0 saturated carbocycles. The second-order valence-corrected chi connectivity index (χ2v) is 8.78. The summed E-state index contributed by atoms with van der Waals surface area (Å²) < 4.78 is 10.7. The van der Waals surface area contributed by atoms with Gasteiger partial charge in [0, 0.05) is 33.8 Å². The normalized spacial score (nSPS) is 17.1. The maximum absolute atomic E-state index is 13.4. The highest BCUT2D eigenvalue weighted by Crippen LogP contribution is 2.43. The van der Waals surface area contributed by atoms with E-state index in [4.69, 9.17) is 21.1 Å². The number of hydrogen-bond donors (Lipinski definition) is 2. The number of aromatic nitrogens is 1. The molecule has 0 spiro atoms. The van der Waals surface area contributed by atoms with E-state index in [1.54, 1.807) is 31.5 Å². The van der Waals surface area contributed by atoms with E-state index in [2.05, 4.69) is 4.98 Å². The van der Waals surface area contributed by atoms with Gasteiger partial charge in [-0.1, -0.05) is 48.0 Å². The minimum Gasteiger partial charge on any atom is -0.507 e. The van der Waals surface area contributed by atoms with E-state index < -0.39 is 17.7 Å². The highest BCUT2D eigenvalue weighted by atomic mass is 35.5. The molecule has 1 aliphatic heterocycles. The SMILES string of the molecule is COc1ccc(/C(O)=C2\C(=O)C(=O)N(Cc3ccccc3OC)C2c2c[nH]c3ccccc23)cc1Cl. The zero-order chi connectivity index (χ0) is 25.4. The first-order chi connectivity index (χ1) is 17.4. The summed E-state index contributed by atoms with van der Waals surface area (Å²) in [6.45, 7) is 0.110. The lowest BCUT2D eigenvalue weighted by atomic mass is 9.94. The number of nitrogens with one attached hydrogen (secondary N) is 1. The van der Waals surface area contributed by atoms with E-state index in [0.717, 1.165) is 16.5 Å². The zero-order valence-electron chi connectivity index (χ0n) is 19.6. The van der Waals surface area contributed by atoms with Gasteiger partial charge in [0.25, 0.3) is 11.7 Å². The third-order valence-electron chi connectivity index (χ3n) is 6.41. The topological polar surface area (TPSA) is 91.9 Å². The van der Waals surface area contributed by atoms with Crippen LogP contribution in [0, 0.1) is 0 Å². The Hall–Kier alpha value is -4.23. The summed E-state index contributed by atoms with van der Waals surface area (Å²) in [4.78, 5) is 31.5. The molecule has 1 aliphatic rings. The van der Waals surface area contributed by atoms with Crippen LogP contribution in [-0.4, -0.2) is 40.9 Å². The van der Waals surface area contributed by atoms with Gasteiger partial charge in [-0.3, -0.25) is 9.59 Å². The summed E-state index contributed by atoms with van der Waals surface area (Å²) in [7, 11) is 3.04. The number of fused-ring (bicyclic) bond motifs is 1. The van der Waals surface area contributed by atoms with E-state index in [-0.39, 0.29) is 22.9 Å². The Kier molecular flexibility index (Phi) is 6.16. The second-order valence-electron chi connectivity index (χ2n) is 8.38. The van der Waals surface area contributed by atoms with Gasteiger partial charge in [0.1, 0.15) is 17.3 Å². The van der Waals surface area contributed by atoms with Gasteiger partial charge in [0.05, 0.1) is 37.4 Å². The van der Waals surface area contributed by atoms with E-state index in [0.29, 0.717) is 22.6 Å². The number of carbonyl (C=O) groups is 2. The van der Waals surface area contributed by atoms with Gasteiger partial charge >= 0.3 is 0 Å². The van der Waals surface area contributed by atoms with Crippen molar-refractivity contribution in [2.24, 2.45) is 0 Å². The summed E-state index contributed by atoms with van der Waals surface area (Å²) in [5.41, 5.74) is 2.57. The van der Waals surface area contributed by atoms with Crippen LogP contribution >= 0.6 is 11.6 Å². The fourth-order valence-electron chi connectivity index (χ4n) is 4.67. The molecule has 2 N–H and O–H groups in total. The third-order valence-corrected chi connectivity index (χ3v) is 6.71. The Bertz CT molecular complexity index is 1520. The number of Topliss-reactive ketones (excluding diaryl/α,β-unsaturated/α-hetero) is 1. The summed E-state index contributed by atoms with van der Waals surface area (Å²) in [5, 5.41) is 12.5. The van der Waals surface area contributed by atoms with Crippen LogP contribution in [0.15, 0.2) is 78.5 Å². The number of aromatic amines is 1. The minimum absolute atomic E-state index is 0.0131. The van der Waals surface area contributed by atoms with E-state index in [1.165, 1.54) is 18.1 Å². The lowest BCUT2D eigenvalue weighted by Gasteiger charge is -2.25. The average molecular weight is 503 g/mol. The van der Waals surface area contributed by atoms with Crippen molar-refractivity contribution < 1.29 is 24.2 Å². The molecule has 3 aromatic carbocycles. The number of halogens is 1. The van der Waals surface area contributed by atoms with Crippen LogP contribution in [0.3, 0.4) is 0 Å². The first kappa shape index (κ1) is 23.5. The molecule has 1 unspecified atom stereocenters. The lowest BCUT2D eigenvalue weighted by Crippen LogP contribution is -2.29.